The maximum absolute atomic E-state index is 11.8. The maximum Gasteiger partial charge on any atom is 0.152 e. The normalized spacial score (nSPS) is 26.4. The van der Waals surface area contributed by atoms with Crippen molar-refractivity contribution in [3.63, 3.8) is 0 Å². The molecule has 1 fully saturated rings. The van der Waals surface area contributed by atoms with Gasteiger partial charge in [-0.3, -0.25) is 0 Å². The number of nitrogens with one attached hydrogen (secondary N) is 1. The van der Waals surface area contributed by atoms with Crippen molar-refractivity contribution < 1.29 is 8.42 Å². The fourth-order valence-corrected chi connectivity index (χ4v) is 3.85. The summed E-state index contributed by atoms with van der Waals surface area (Å²) in [4.78, 5) is 0. The summed E-state index contributed by atoms with van der Waals surface area (Å²) in [6.45, 7) is 4.59. The lowest BCUT2D eigenvalue weighted by Gasteiger charge is -2.31. The second-order valence-electron chi connectivity index (χ2n) is 5.57. The zero-order valence-electron chi connectivity index (χ0n) is 11.4. The lowest BCUT2D eigenvalue weighted by molar-refractivity contribution is 0.228. The zero-order valence-corrected chi connectivity index (χ0v) is 12.2. The van der Waals surface area contributed by atoms with Gasteiger partial charge in [0.2, 0.25) is 0 Å². The number of sulfone groups is 1. The number of hydrogen-bond donors (Lipinski definition) is 1. The van der Waals surface area contributed by atoms with E-state index in [9.17, 15) is 8.42 Å². The van der Waals surface area contributed by atoms with Crippen LogP contribution < -0.4 is 5.32 Å². The largest absolute Gasteiger partial charge is 0.319 e. The molecule has 0 aromatic rings. The van der Waals surface area contributed by atoms with E-state index in [-0.39, 0.29) is 5.25 Å². The SMILES string of the molecule is CNCC1CCCCC1CCS(=O)(=O)C(C)C. The minimum Gasteiger partial charge on any atom is -0.319 e. The van der Waals surface area contributed by atoms with Crippen LogP contribution in [0.15, 0.2) is 0 Å². The van der Waals surface area contributed by atoms with Crippen LogP contribution >= 0.6 is 0 Å². The van der Waals surface area contributed by atoms with E-state index in [1.54, 1.807) is 13.8 Å². The average molecular weight is 261 g/mol. The van der Waals surface area contributed by atoms with Crippen molar-refractivity contribution in [3.05, 3.63) is 0 Å². The van der Waals surface area contributed by atoms with Gasteiger partial charge in [-0.1, -0.05) is 19.3 Å². The molecule has 0 saturated heterocycles. The predicted molar refractivity (Wildman–Crippen MR) is 72.9 cm³/mol. The first-order valence-electron chi connectivity index (χ1n) is 6.83. The van der Waals surface area contributed by atoms with Crippen molar-refractivity contribution in [2.75, 3.05) is 19.3 Å². The van der Waals surface area contributed by atoms with E-state index in [1.165, 1.54) is 25.7 Å². The van der Waals surface area contributed by atoms with E-state index in [0.717, 1.165) is 13.0 Å². The van der Waals surface area contributed by atoms with Gasteiger partial charge in [-0.25, -0.2) is 8.42 Å². The van der Waals surface area contributed by atoms with E-state index in [4.69, 9.17) is 0 Å². The summed E-state index contributed by atoms with van der Waals surface area (Å²) in [5.41, 5.74) is 0. The lowest BCUT2D eigenvalue weighted by atomic mass is 9.78. The molecule has 0 aromatic carbocycles. The summed E-state index contributed by atoms with van der Waals surface area (Å²) >= 11 is 0. The Hall–Kier alpha value is -0.0900. The second kappa shape index (κ2) is 6.74. The Balaban J connectivity index is 2.48. The minimum atomic E-state index is -2.86. The molecule has 0 heterocycles. The van der Waals surface area contributed by atoms with Crippen LogP contribution in [0.2, 0.25) is 0 Å². The Morgan fingerprint density at radius 3 is 2.29 bits per heavy atom. The van der Waals surface area contributed by atoms with Crippen molar-refractivity contribution >= 4 is 9.84 Å². The molecule has 4 heteroatoms. The van der Waals surface area contributed by atoms with Gasteiger partial charge in [0, 0.05) is 0 Å². The highest BCUT2D eigenvalue weighted by atomic mass is 32.2. The average Bonchev–Trinajstić information content (AvgIpc) is 2.28. The molecule has 0 radical (unpaired) electrons. The van der Waals surface area contributed by atoms with E-state index in [1.807, 2.05) is 7.05 Å². The molecule has 2 unspecified atom stereocenters. The smallest absolute Gasteiger partial charge is 0.152 e. The third-order valence-electron chi connectivity index (χ3n) is 4.02. The molecular weight excluding hydrogens is 234 g/mol. The van der Waals surface area contributed by atoms with Gasteiger partial charge in [0.25, 0.3) is 0 Å². The highest BCUT2D eigenvalue weighted by Gasteiger charge is 2.26. The molecule has 0 bridgehead atoms. The van der Waals surface area contributed by atoms with Crippen LogP contribution in [0.1, 0.15) is 46.0 Å². The fourth-order valence-electron chi connectivity index (χ4n) is 2.75. The fraction of sp³-hybridized carbons (Fsp3) is 1.00. The Labute approximate surface area is 106 Å². The molecule has 1 aliphatic carbocycles. The molecule has 3 nitrogen and oxygen atoms in total. The molecule has 102 valence electrons. The van der Waals surface area contributed by atoms with Gasteiger partial charge in [-0.2, -0.15) is 0 Å². The van der Waals surface area contributed by atoms with E-state index in [0.29, 0.717) is 17.6 Å². The zero-order chi connectivity index (χ0) is 12.9. The van der Waals surface area contributed by atoms with Crippen LogP contribution in [0.25, 0.3) is 0 Å². The summed E-state index contributed by atoms with van der Waals surface area (Å²) in [5.74, 6) is 1.65. The quantitative estimate of drug-likeness (QED) is 0.797. The Bertz CT molecular complexity index is 309. The molecule has 0 spiro atoms. The topological polar surface area (TPSA) is 46.2 Å². The third-order valence-corrected chi connectivity index (χ3v) is 6.27. The van der Waals surface area contributed by atoms with Crippen LogP contribution in [0.4, 0.5) is 0 Å². The van der Waals surface area contributed by atoms with Crippen LogP contribution in [0.3, 0.4) is 0 Å². The molecular formula is C13H27NO2S. The summed E-state index contributed by atoms with van der Waals surface area (Å²) < 4.78 is 23.6. The Kier molecular flexibility index (Phi) is 5.93. The molecule has 17 heavy (non-hydrogen) atoms. The second-order valence-corrected chi connectivity index (χ2v) is 8.24. The Morgan fingerprint density at radius 1 is 1.18 bits per heavy atom. The van der Waals surface area contributed by atoms with E-state index < -0.39 is 9.84 Å². The summed E-state index contributed by atoms with van der Waals surface area (Å²) in [6.07, 6.45) is 5.90. The van der Waals surface area contributed by atoms with Crippen LogP contribution in [-0.2, 0) is 9.84 Å². The van der Waals surface area contributed by atoms with Crippen molar-refractivity contribution in [1.29, 1.82) is 0 Å². The standard InChI is InChI=1S/C13H27NO2S/c1-11(2)17(15,16)9-8-12-6-4-5-7-13(12)10-14-3/h11-14H,4-10H2,1-3H3. The highest BCUT2D eigenvalue weighted by molar-refractivity contribution is 7.91. The molecule has 0 aliphatic heterocycles. The van der Waals surface area contributed by atoms with Crippen molar-refractivity contribution in [3.8, 4) is 0 Å². The minimum absolute atomic E-state index is 0.228. The third kappa shape index (κ3) is 4.59. The van der Waals surface area contributed by atoms with Gasteiger partial charge >= 0.3 is 0 Å². The Morgan fingerprint density at radius 2 is 1.76 bits per heavy atom. The van der Waals surface area contributed by atoms with Gasteiger partial charge < -0.3 is 5.32 Å². The van der Waals surface area contributed by atoms with Crippen LogP contribution in [0, 0.1) is 11.8 Å². The van der Waals surface area contributed by atoms with Gasteiger partial charge in [0.05, 0.1) is 11.0 Å². The molecule has 0 amide bonds. The number of rotatable bonds is 6. The number of hydrogen-bond acceptors (Lipinski definition) is 3. The van der Waals surface area contributed by atoms with Crippen LogP contribution in [0.5, 0.6) is 0 Å². The molecule has 2 atom stereocenters. The molecule has 1 aliphatic rings. The summed E-state index contributed by atoms with van der Waals surface area (Å²) in [7, 11) is -0.874. The summed E-state index contributed by atoms with van der Waals surface area (Å²) in [5, 5.41) is 3.01. The van der Waals surface area contributed by atoms with E-state index in [2.05, 4.69) is 5.32 Å². The maximum atomic E-state index is 11.8. The first kappa shape index (κ1) is 15.0. The molecule has 1 saturated carbocycles. The van der Waals surface area contributed by atoms with Gasteiger partial charge in [-0.05, 0) is 52.1 Å². The van der Waals surface area contributed by atoms with Crippen LogP contribution in [-0.4, -0.2) is 33.0 Å². The molecule has 1 rings (SSSR count). The van der Waals surface area contributed by atoms with Crippen molar-refractivity contribution in [2.24, 2.45) is 11.8 Å². The first-order valence-corrected chi connectivity index (χ1v) is 8.55. The highest BCUT2D eigenvalue weighted by Crippen LogP contribution is 2.32. The predicted octanol–water partition coefficient (Wildman–Crippen LogP) is 2.23. The molecule has 0 aromatic heterocycles. The van der Waals surface area contributed by atoms with E-state index >= 15 is 0 Å². The monoisotopic (exact) mass is 261 g/mol. The van der Waals surface area contributed by atoms with Gasteiger partial charge in [0.15, 0.2) is 9.84 Å². The summed E-state index contributed by atoms with van der Waals surface area (Å²) in [6, 6.07) is 0. The van der Waals surface area contributed by atoms with Gasteiger partial charge in [-0.15, -0.1) is 0 Å². The van der Waals surface area contributed by atoms with Gasteiger partial charge in [0.1, 0.15) is 0 Å². The first-order chi connectivity index (χ1) is 7.97. The van der Waals surface area contributed by atoms with Crippen molar-refractivity contribution in [2.45, 2.75) is 51.2 Å². The lowest BCUT2D eigenvalue weighted by Crippen LogP contribution is -2.30. The van der Waals surface area contributed by atoms with Crippen molar-refractivity contribution in [1.82, 2.24) is 5.32 Å². The molecule has 1 N–H and O–H groups in total.